The van der Waals surface area contributed by atoms with E-state index in [1.807, 2.05) is 24.3 Å². The van der Waals surface area contributed by atoms with Crippen molar-refractivity contribution in [1.82, 2.24) is 14.9 Å². The fraction of sp³-hybridized carbons (Fsp3) is 0.412. The molecule has 0 aliphatic carbocycles. The van der Waals surface area contributed by atoms with Crippen LogP contribution in [-0.4, -0.2) is 41.0 Å². The fourth-order valence-corrected chi connectivity index (χ4v) is 3.17. The summed E-state index contributed by atoms with van der Waals surface area (Å²) in [5, 5.41) is 0.723. The molecule has 0 radical (unpaired) electrons. The molecule has 1 aromatic heterocycles. The summed E-state index contributed by atoms with van der Waals surface area (Å²) in [5.74, 6) is 0.0967. The molecule has 134 valence electrons. The van der Waals surface area contributed by atoms with Crippen LogP contribution < -0.4 is 4.90 Å². The number of anilines is 1. The third-order valence-corrected chi connectivity index (χ3v) is 4.76. The zero-order chi connectivity index (χ0) is 18.0. The predicted octanol–water partition coefficient (Wildman–Crippen LogP) is 3.86. The lowest BCUT2D eigenvalue weighted by Gasteiger charge is -2.25. The zero-order valence-electron chi connectivity index (χ0n) is 13.7. The minimum absolute atomic E-state index is 0.0611. The van der Waals surface area contributed by atoms with Crippen molar-refractivity contribution in [2.24, 2.45) is 0 Å². The molecule has 3 rings (SSSR count). The van der Waals surface area contributed by atoms with Crippen molar-refractivity contribution < 1.29 is 13.2 Å². The second-order valence-electron chi connectivity index (χ2n) is 6.12. The maximum absolute atomic E-state index is 12.8. The van der Waals surface area contributed by atoms with Gasteiger partial charge in [0.25, 0.3) is 0 Å². The van der Waals surface area contributed by atoms with E-state index < -0.39 is 11.9 Å². The number of rotatable bonds is 4. The molecular formula is C17H18ClF3N4. The van der Waals surface area contributed by atoms with Crippen molar-refractivity contribution in [3.05, 3.63) is 52.8 Å². The summed E-state index contributed by atoms with van der Waals surface area (Å²) in [6.45, 7) is 2.29. The Labute approximate surface area is 149 Å². The number of likely N-dealkylation sites (tertiary alicyclic amines) is 1. The minimum atomic E-state index is -4.47. The summed E-state index contributed by atoms with van der Waals surface area (Å²) < 4.78 is 38.5. The molecule has 2 heterocycles. The van der Waals surface area contributed by atoms with Crippen LogP contribution in [0.25, 0.3) is 0 Å². The van der Waals surface area contributed by atoms with Crippen LogP contribution in [0.1, 0.15) is 17.7 Å². The summed E-state index contributed by atoms with van der Waals surface area (Å²) in [7, 11) is 1.74. The van der Waals surface area contributed by atoms with Crippen molar-refractivity contribution in [3.63, 3.8) is 0 Å². The number of aromatic nitrogens is 2. The van der Waals surface area contributed by atoms with E-state index in [9.17, 15) is 13.2 Å². The number of halogens is 4. The van der Waals surface area contributed by atoms with Crippen LogP contribution in [0.15, 0.2) is 36.5 Å². The van der Waals surface area contributed by atoms with Gasteiger partial charge in [0.2, 0.25) is 5.95 Å². The molecule has 1 atom stereocenters. The van der Waals surface area contributed by atoms with Crippen LogP contribution >= 0.6 is 11.6 Å². The molecular weight excluding hydrogens is 353 g/mol. The van der Waals surface area contributed by atoms with Gasteiger partial charge in [-0.05, 0) is 24.1 Å². The third kappa shape index (κ3) is 4.22. The highest BCUT2D eigenvalue weighted by Crippen LogP contribution is 2.29. The lowest BCUT2D eigenvalue weighted by molar-refractivity contribution is -0.141. The van der Waals surface area contributed by atoms with E-state index >= 15 is 0 Å². The maximum Gasteiger partial charge on any atom is 0.433 e. The van der Waals surface area contributed by atoms with E-state index in [2.05, 4.69) is 14.9 Å². The molecule has 1 aromatic carbocycles. The van der Waals surface area contributed by atoms with Gasteiger partial charge in [0.05, 0.1) is 0 Å². The van der Waals surface area contributed by atoms with Gasteiger partial charge in [0, 0.05) is 43.9 Å². The molecule has 8 heteroatoms. The van der Waals surface area contributed by atoms with Crippen LogP contribution in [0.5, 0.6) is 0 Å². The lowest BCUT2D eigenvalue weighted by atomic mass is 10.2. The van der Waals surface area contributed by atoms with E-state index in [0.29, 0.717) is 6.54 Å². The third-order valence-electron chi connectivity index (χ3n) is 4.40. The largest absolute Gasteiger partial charge is 0.433 e. The van der Waals surface area contributed by atoms with Crippen molar-refractivity contribution in [2.75, 3.05) is 25.0 Å². The standard InChI is InChI=1S/C17H18ClF3N4/c1-24(16-22-8-6-15(23-16)17(19,20)21)13-7-9-25(11-13)10-12-4-2-3-5-14(12)18/h2-6,8,13H,7,9-11H2,1H3. The molecule has 1 unspecified atom stereocenters. The van der Waals surface area contributed by atoms with Gasteiger partial charge >= 0.3 is 6.18 Å². The second-order valence-corrected chi connectivity index (χ2v) is 6.53. The fourth-order valence-electron chi connectivity index (χ4n) is 2.98. The van der Waals surface area contributed by atoms with E-state index in [1.165, 1.54) is 0 Å². The smallest absolute Gasteiger partial charge is 0.340 e. The highest BCUT2D eigenvalue weighted by Gasteiger charge is 2.34. The van der Waals surface area contributed by atoms with Crippen molar-refractivity contribution in [2.45, 2.75) is 25.2 Å². The van der Waals surface area contributed by atoms with Crippen molar-refractivity contribution >= 4 is 17.5 Å². The van der Waals surface area contributed by atoms with Crippen molar-refractivity contribution in [1.29, 1.82) is 0 Å². The topological polar surface area (TPSA) is 32.3 Å². The van der Waals surface area contributed by atoms with Crippen LogP contribution in [-0.2, 0) is 12.7 Å². The molecule has 0 amide bonds. The lowest BCUT2D eigenvalue weighted by Crippen LogP contribution is -2.35. The van der Waals surface area contributed by atoms with E-state index in [4.69, 9.17) is 11.6 Å². The molecule has 1 aliphatic heterocycles. The van der Waals surface area contributed by atoms with Crippen LogP contribution in [0.2, 0.25) is 5.02 Å². The van der Waals surface area contributed by atoms with Gasteiger partial charge in [-0.2, -0.15) is 13.2 Å². The van der Waals surface area contributed by atoms with Gasteiger partial charge in [-0.15, -0.1) is 0 Å². The van der Waals surface area contributed by atoms with Gasteiger partial charge in [0.15, 0.2) is 0 Å². The van der Waals surface area contributed by atoms with Gasteiger partial charge in [-0.3, -0.25) is 4.90 Å². The van der Waals surface area contributed by atoms with Crippen LogP contribution in [0.4, 0.5) is 19.1 Å². The first-order chi connectivity index (χ1) is 11.8. The summed E-state index contributed by atoms with van der Waals surface area (Å²) in [4.78, 5) is 11.6. The van der Waals surface area contributed by atoms with Gasteiger partial charge in [0.1, 0.15) is 5.69 Å². The molecule has 1 aliphatic rings. The normalized spacial score (nSPS) is 18.5. The first-order valence-electron chi connectivity index (χ1n) is 7.93. The number of hydrogen-bond acceptors (Lipinski definition) is 4. The molecule has 1 fully saturated rings. The molecule has 1 saturated heterocycles. The number of hydrogen-bond donors (Lipinski definition) is 0. The first-order valence-corrected chi connectivity index (χ1v) is 8.31. The molecule has 0 saturated carbocycles. The van der Waals surface area contributed by atoms with Gasteiger partial charge < -0.3 is 4.90 Å². The Morgan fingerprint density at radius 1 is 1.28 bits per heavy atom. The second kappa shape index (κ2) is 7.17. The Bertz CT molecular complexity index is 738. The predicted molar refractivity (Wildman–Crippen MR) is 90.6 cm³/mol. The molecule has 0 N–H and O–H groups in total. The monoisotopic (exact) mass is 370 g/mol. The summed E-state index contributed by atoms with van der Waals surface area (Å²) in [5.41, 5.74) is 0.123. The quantitative estimate of drug-likeness (QED) is 0.818. The number of nitrogens with zero attached hydrogens (tertiary/aromatic N) is 4. The molecule has 0 bridgehead atoms. The minimum Gasteiger partial charge on any atom is -0.340 e. The number of likely N-dealkylation sites (N-methyl/N-ethyl adjacent to an activating group) is 1. The zero-order valence-corrected chi connectivity index (χ0v) is 14.4. The van der Waals surface area contributed by atoms with Gasteiger partial charge in [-0.25, -0.2) is 9.97 Å². The highest BCUT2D eigenvalue weighted by molar-refractivity contribution is 6.31. The molecule has 25 heavy (non-hydrogen) atoms. The SMILES string of the molecule is CN(c1nccc(C(F)(F)F)n1)C1CCN(Cc2ccccc2Cl)C1. The van der Waals surface area contributed by atoms with E-state index in [-0.39, 0.29) is 12.0 Å². The average Bonchev–Trinajstić information content (AvgIpc) is 3.04. The number of benzene rings is 1. The highest BCUT2D eigenvalue weighted by atomic mass is 35.5. The van der Waals surface area contributed by atoms with Crippen LogP contribution in [0.3, 0.4) is 0 Å². The summed E-state index contributed by atoms with van der Waals surface area (Å²) >= 11 is 6.19. The van der Waals surface area contributed by atoms with Gasteiger partial charge in [-0.1, -0.05) is 29.8 Å². The van der Waals surface area contributed by atoms with E-state index in [0.717, 1.165) is 42.4 Å². The maximum atomic E-state index is 12.8. The average molecular weight is 371 g/mol. The Morgan fingerprint density at radius 2 is 2.04 bits per heavy atom. The van der Waals surface area contributed by atoms with Crippen molar-refractivity contribution in [3.8, 4) is 0 Å². The molecule has 0 spiro atoms. The Hall–Kier alpha value is -1.86. The Kier molecular flexibility index (Phi) is 5.15. The molecule has 2 aromatic rings. The van der Waals surface area contributed by atoms with E-state index in [1.54, 1.807) is 11.9 Å². The Balaban J connectivity index is 1.67. The first kappa shape index (κ1) is 17.9. The number of alkyl halides is 3. The molecule has 4 nitrogen and oxygen atoms in total. The summed E-state index contributed by atoms with van der Waals surface area (Å²) in [6, 6.07) is 8.61. The van der Waals surface area contributed by atoms with Crippen LogP contribution in [0, 0.1) is 0 Å². The summed E-state index contributed by atoms with van der Waals surface area (Å²) in [6.07, 6.45) is -2.48. The Morgan fingerprint density at radius 3 is 2.76 bits per heavy atom.